The van der Waals surface area contributed by atoms with Gasteiger partial charge in [0.15, 0.2) is 0 Å². The minimum absolute atomic E-state index is 0.00321. The summed E-state index contributed by atoms with van der Waals surface area (Å²) in [6.45, 7) is 2.81. The molecule has 0 aliphatic rings. The molecule has 1 heterocycles. The van der Waals surface area contributed by atoms with E-state index in [0.29, 0.717) is 17.2 Å². The molecule has 4 nitrogen and oxygen atoms in total. The number of aromatic nitrogens is 1. The average Bonchev–Trinajstić information content (AvgIpc) is 2.71. The largest absolute Gasteiger partial charge is 0.416 e. The van der Waals surface area contributed by atoms with E-state index in [9.17, 15) is 26.0 Å². The Labute approximate surface area is 178 Å². The maximum Gasteiger partial charge on any atom is 0.416 e. The highest BCUT2D eigenvalue weighted by atomic mass is 32.2. The predicted octanol–water partition coefficient (Wildman–Crippen LogP) is 5.43. The normalized spacial score (nSPS) is 12.4. The lowest BCUT2D eigenvalue weighted by Crippen LogP contribution is -2.31. The molecular weight excluding hydrogens is 432 g/mol. The molecule has 164 valence electrons. The highest BCUT2D eigenvalue weighted by Crippen LogP contribution is 2.33. The van der Waals surface area contributed by atoms with E-state index in [1.807, 2.05) is 0 Å². The van der Waals surface area contributed by atoms with Crippen molar-refractivity contribution in [2.45, 2.75) is 31.5 Å². The number of sulfonamides is 1. The van der Waals surface area contributed by atoms with E-state index < -0.39 is 32.5 Å². The molecule has 0 fully saturated rings. The van der Waals surface area contributed by atoms with Crippen LogP contribution in [0.15, 0.2) is 65.8 Å². The van der Waals surface area contributed by atoms with Gasteiger partial charge < -0.3 is 0 Å². The van der Waals surface area contributed by atoms with Crippen molar-refractivity contribution >= 4 is 10.0 Å². The Morgan fingerprint density at radius 2 is 1.74 bits per heavy atom. The SMILES string of the molecule is CCN(Cc1cnccc1-c1ccccc1F)S(=O)(=O)c1cc(C)cc(C(F)(F)F)c1. The number of hydrogen-bond acceptors (Lipinski definition) is 3. The van der Waals surface area contributed by atoms with Gasteiger partial charge in [0, 0.05) is 31.0 Å². The molecule has 31 heavy (non-hydrogen) atoms. The minimum Gasteiger partial charge on any atom is -0.264 e. The van der Waals surface area contributed by atoms with Crippen LogP contribution in [0.4, 0.5) is 17.6 Å². The lowest BCUT2D eigenvalue weighted by molar-refractivity contribution is -0.137. The summed E-state index contributed by atoms with van der Waals surface area (Å²) in [5.74, 6) is -0.477. The zero-order valence-corrected chi connectivity index (χ0v) is 17.6. The highest BCUT2D eigenvalue weighted by Gasteiger charge is 2.33. The van der Waals surface area contributed by atoms with Crippen molar-refractivity contribution in [1.82, 2.24) is 9.29 Å². The molecular formula is C22H20F4N2O2S. The molecule has 0 saturated carbocycles. The van der Waals surface area contributed by atoms with Crippen LogP contribution < -0.4 is 0 Å². The van der Waals surface area contributed by atoms with Gasteiger partial charge in [0.2, 0.25) is 10.0 Å². The van der Waals surface area contributed by atoms with E-state index in [4.69, 9.17) is 0 Å². The molecule has 0 unspecified atom stereocenters. The summed E-state index contributed by atoms with van der Waals surface area (Å²) in [5.41, 5.74) is 0.320. The Kier molecular flexibility index (Phi) is 6.47. The summed E-state index contributed by atoms with van der Waals surface area (Å²) in [5, 5.41) is 0. The van der Waals surface area contributed by atoms with Gasteiger partial charge in [-0.2, -0.15) is 17.5 Å². The number of hydrogen-bond donors (Lipinski definition) is 0. The summed E-state index contributed by atoms with van der Waals surface area (Å²) in [7, 11) is -4.25. The first kappa shape index (κ1) is 22.9. The molecule has 0 radical (unpaired) electrons. The zero-order chi connectivity index (χ0) is 22.8. The summed E-state index contributed by atoms with van der Waals surface area (Å²) in [4.78, 5) is 3.56. The van der Waals surface area contributed by atoms with Crippen LogP contribution in [0, 0.1) is 12.7 Å². The lowest BCUT2D eigenvalue weighted by Gasteiger charge is -2.23. The van der Waals surface area contributed by atoms with Crippen molar-refractivity contribution in [3.63, 3.8) is 0 Å². The Balaban J connectivity index is 2.03. The molecule has 0 amide bonds. The van der Waals surface area contributed by atoms with Crippen molar-refractivity contribution in [1.29, 1.82) is 0 Å². The second-order valence-electron chi connectivity index (χ2n) is 6.98. The standard InChI is InChI=1S/C22H20F4N2O2S/c1-3-28(31(29,30)18-11-15(2)10-17(12-18)22(24,25)26)14-16-13-27-9-8-19(16)20-6-4-5-7-21(20)23/h4-13H,3,14H2,1-2H3. The van der Waals surface area contributed by atoms with E-state index in [1.165, 1.54) is 31.5 Å². The maximum absolute atomic E-state index is 14.3. The topological polar surface area (TPSA) is 50.3 Å². The van der Waals surface area contributed by atoms with E-state index in [-0.39, 0.29) is 24.2 Å². The number of nitrogens with zero attached hydrogens (tertiary/aromatic N) is 2. The van der Waals surface area contributed by atoms with Crippen molar-refractivity contribution < 1.29 is 26.0 Å². The van der Waals surface area contributed by atoms with Gasteiger partial charge in [-0.3, -0.25) is 4.98 Å². The first-order valence-electron chi connectivity index (χ1n) is 9.41. The summed E-state index contributed by atoms with van der Waals surface area (Å²) < 4.78 is 81.3. The average molecular weight is 452 g/mol. The summed E-state index contributed by atoms with van der Waals surface area (Å²) >= 11 is 0. The van der Waals surface area contributed by atoms with E-state index in [1.54, 1.807) is 31.2 Å². The molecule has 0 bridgehead atoms. The van der Waals surface area contributed by atoms with Crippen molar-refractivity contribution in [2.24, 2.45) is 0 Å². The number of aryl methyl sites for hydroxylation is 1. The molecule has 0 aliphatic heterocycles. The molecule has 0 spiro atoms. The number of alkyl halides is 3. The van der Waals surface area contributed by atoms with Crippen molar-refractivity contribution in [3.05, 3.63) is 83.4 Å². The molecule has 1 aromatic heterocycles. The summed E-state index contributed by atoms with van der Waals surface area (Å²) in [6.07, 6.45) is -1.78. The third-order valence-electron chi connectivity index (χ3n) is 4.78. The van der Waals surface area contributed by atoms with Crippen LogP contribution in [0.1, 0.15) is 23.6 Å². The van der Waals surface area contributed by atoms with Gasteiger partial charge in [-0.15, -0.1) is 0 Å². The van der Waals surface area contributed by atoms with Gasteiger partial charge in [-0.1, -0.05) is 25.1 Å². The van der Waals surface area contributed by atoms with E-state index in [0.717, 1.165) is 10.4 Å². The smallest absolute Gasteiger partial charge is 0.264 e. The second kappa shape index (κ2) is 8.76. The van der Waals surface area contributed by atoms with Crippen LogP contribution >= 0.6 is 0 Å². The molecule has 3 aromatic rings. The zero-order valence-electron chi connectivity index (χ0n) is 16.8. The van der Waals surface area contributed by atoms with Gasteiger partial charge in [0.05, 0.1) is 10.5 Å². The van der Waals surface area contributed by atoms with Crippen molar-refractivity contribution in [3.8, 4) is 11.1 Å². The Bertz CT molecular complexity index is 1190. The number of halogens is 4. The predicted molar refractivity (Wildman–Crippen MR) is 109 cm³/mol. The maximum atomic E-state index is 14.3. The van der Waals surface area contributed by atoms with Crippen LogP contribution in [0.25, 0.3) is 11.1 Å². The monoisotopic (exact) mass is 452 g/mol. The van der Waals surface area contributed by atoms with Crippen molar-refractivity contribution in [2.75, 3.05) is 6.54 Å². The Morgan fingerprint density at radius 1 is 1.03 bits per heavy atom. The first-order valence-corrected chi connectivity index (χ1v) is 10.8. The van der Waals surface area contributed by atoms with Crippen LogP contribution in [0.3, 0.4) is 0 Å². The Hall–Kier alpha value is -2.78. The Morgan fingerprint density at radius 3 is 2.39 bits per heavy atom. The highest BCUT2D eigenvalue weighted by molar-refractivity contribution is 7.89. The summed E-state index contributed by atoms with van der Waals surface area (Å²) in [6, 6.07) is 10.4. The van der Waals surface area contributed by atoms with E-state index in [2.05, 4.69) is 4.98 Å². The van der Waals surface area contributed by atoms with Gasteiger partial charge >= 0.3 is 6.18 Å². The van der Waals surface area contributed by atoms with Crippen LogP contribution in [0.5, 0.6) is 0 Å². The molecule has 0 aliphatic carbocycles. The van der Waals surface area contributed by atoms with E-state index >= 15 is 0 Å². The molecule has 0 saturated heterocycles. The van der Waals surface area contributed by atoms with Crippen LogP contribution in [-0.4, -0.2) is 24.3 Å². The number of pyridine rings is 1. The van der Waals surface area contributed by atoms with Gasteiger partial charge in [-0.25, -0.2) is 12.8 Å². The first-order chi connectivity index (χ1) is 14.5. The van der Waals surface area contributed by atoms with Gasteiger partial charge in [-0.05, 0) is 53.9 Å². The fourth-order valence-electron chi connectivity index (χ4n) is 3.26. The molecule has 2 aromatic carbocycles. The van der Waals surface area contributed by atoms with Gasteiger partial charge in [0.1, 0.15) is 5.82 Å². The van der Waals surface area contributed by atoms with Crippen LogP contribution in [0.2, 0.25) is 0 Å². The number of benzene rings is 2. The molecule has 3 rings (SSSR count). The second-order valence-corrected chi connectivity index (χ2v) is 8.91. The molecule has 0 atom stereocenters. The minimum atomic E-state index is -4.67. The third-order valence-corrected chi connectivity index (χ3v) is 6.68. The lowest BCUT2D eigenvalue weighted by atomic mass is 10.0. The van der Waals surface area contributed by atoms with Gasteiger partial charge in [0.25, 0.3) is 0 Å². The molecule has 0 N–H and O–H groups in total. The number of rotatable bonds is 6. The fourth-order valence-corrected chi connectivity index (χ4v) is 4.82. The van der Waals surface area contributed by atoms with Crippen LogP contribution in [-0.2, 0) is 22.7 Å². The quantitative estimate of drug-likeness (QED) is 0.469. The molecule has 9 heteroatoms. The third kappa shape index (κ3) is 4.94. The fraction of sp³-hybridized carbons (Fsp3) is 0.227.